The Balaban J connectivity index is 4.33. The fourth-order valence-corrected chi connectivity index (χ4v) is 1.65. The summed E-state index contributed by atoms with van der Waals surface area (Å²) in [6, 6.07) is -0.958. The van der Waals surface area contributed by atoms with Crippen LogP contribution in [0.3, 0.4) is 0 Å². The Morgan fingerprint density at radius 2 is 1.70 bits per heavy atom. The number of ether oxygens (including phenoxy) is 2. The number of nitrogens with one attached hydrogen (secondary N) is 1. The van der Waals surface area contributed by atoms with Crippen LogP contribution in [0.15, 0.2) is 0 Å². The van der Waals surface area contributed by atoms with Gasteiger partial charge >= 0.3 is 12.1 Å². The molecule has 0 fully saturated rings. The van der Waals surface area contributed by atoms with E-state index in [1.807, 2.05) is 0 Å². The maximum Gasteiger partial charge on any atom is 0.408 e. The second kappa shape index (κ2) is 9.34. The van der Waals surface area contributed by atoms with E-state index in [0.717, 1.165) is 0 Å². The first-order chi connectivity index (χ1) is 10.5. The minimum atomic E-state index is -1.42. The monoisotopic (exact) mass is 332 g/mol. The van der Waals surface area contributed by atoms with E-state index in [2.05, 4.69) is 5.32 Å². The zero-order valence-electron chi connectivity index (χ0n) is 14.7. The number of esters is 1. The van der Waals surface area contributed by atoms with E-state index in [0.29, 0.717) is 13.1 Å². The van der Waals surface area contributed by atoms with E-state index in [1.165, 1.54) is 11.8 Å². The fraction of sp³-hybridized carbons (Fsp3) is 0.800. The van der Waals surface area contributed by atoms with Crippen LogP contribution in [0, 0.1) is 0 Å². The summed E-state index contributed by atoms with van der Waals surface area (Å²) in [5.74, 6) is -1.27. The lowest BCUT2D eigenvalue weighted by Gasteiger charge is -2.23. The van der Waals surface area contributed by atoms with Crippen molar-refractivity contribution < 1.29 is 29.0 Å². The van der Waals surface area contributed by atoms with Crippen LogP contribution >= 0.6 is 0 Å². The standard InChI is InChI=1S/C15H28N2O6/c1-7-17(8-2)12(19)11(18)9-22-13(20)10(3)16-14(21)23-15(4,5)6/h10-11,18H,7-9H2,1-6H3,(H,16,21)/t10-,11?/m0/s1. The van der Waals surface area contributed by atoms with Crippen LogP contribution in [0.5, 0.6) is 0 Å². The van der Waals surface area contributed by atoms with Crippen LogP contribution in [-0.2, 0) is 19.1 Å². The second-order valence-electron chi connectivity index (χ2n) is 6.02. The lowest BCUT2D eigenvalue weighted by atomic mass is 10.2. The summed E-state index contributed by atoms with van der Waals surface area (Å²) in [7, 11) is 0. The summed E-state index contributed by atoms with van der Waals surface area (Å²) in [4.78, 5) is 36.5. The number of aliphatic hydroxyl groups is 1. The predicted octanol–water partition coefficient (Wildman–Crippen LogP) is 0.672. The summed E-state index contributed by atoms with van der Waals surface area (Å²) in [5, 5.41) is 12.1. The predicted molar refractivity (Wildman–Crippen MR) is 83.7 cm³/mol. The first-order valence-electron chi connectivity index (χ1n) is 7.64. The molecule has 0 aromatic carbocycles. The Morgan fingerprint density at radius 1 is 1.17 bits per heavy atom. The molecule has 2 atom stereocenters. The number of amides is 2. The van der Waals surface area contributed by atoms with Crippen LogP contribution in [-0.4, -0.2) is 65.4 Å². The molecule has 0 saturated carbocycles. The lowest BCUT2D eigenvalue weighted by Crippen LogP contribution is -2.45. The fourth-order valence-electron chi connectivity index (χ4n) is 1.65. The van der Waals surface area contributed by atoms with E-state index < -0.39 is 42.3 Å². The van der Waals surface area contributed by atoms with Crippen molar-refractivity contribution in [2.24, 2.45) is 0 Å². The number of aliphatic hydroxyl groups excluding tert-OH is 1. The van der Waals surface area contributed by atoms with Gasteiger partial charge in [0.05, 0.1) is 0 Å². The highest BCUT2D eigenvalue weighted by Gasteiger charge is 2.25. The molecule has 23 heavy (non-hydrogen) atoms. The Kier molecular flexibility index (Phi) is 8.60. The Morgan fingerprint density at radius 3 is 2.13 bits per heavy atom. The molecule has 134 valence electrons. The molecule has 2 amide bonds. The van der Waals surface area contributed by atoms with Crippen molar-refractivity contribution in [3.05, 3.63) is 0 Å². The molecule has 0 radical (unpaired) electrons. The molecule has 0 aliphatic heterocycles. The van der Waals surface area contributed by atoms with E-state index in [-0.39, 0.29) is 0 Å². The molecule has 0 saturated heterocycles. The number of hydrogen-bond donors (Lipinski definition) is 2. The number of nitrogens with zero attached hydrogens (tertiary/aromatic N) is 1. The molecule has 8 heteroatoms. The number of carbonyl (C=O) groups excluding carboxylic acids is 3. The van der Waals surface area contributed by atoms with Gasteiger partial charge in [0.25, 0.3) is 5.91 Å². The van der Waals surface area contributed by atoms with Gasteiger partial charge < -0.3 is 24.8 Å². The first kappa shape index (κ1) is 21.2. The largest absolute Gasteiger partial charge is 0.461 e. The highest BCUT2D eigenvalue weighted by molar-refractivity contribution is 5.83. The van der Waals surface area contributed by atoms with Gasteiger partial charge in [-0.25, -0.2) is 9.59 Å². The maximum absolute atomic E-state index is 11.8. The third kappa shape index (κ3) is 8.39. The molecular formula is C15H28N2O6. The molecule has 0 aromatic rings. The van der Waals surface area contributed by atoms with Crippen LogP contribution in [0.4, 0.5) is 4.79 Å². The lowest BCUT2D eigenvalue weighted by molar-refractivity contribution is -0.154. The van der Waals surface area contributed by atoms with Gasteiger partial charge in [0.1, 0.15) is 18.2 Å². The molecule has 0 rings (SSSR count). The van der Waals surface area contributed by atoms with Gasteiger partial charge in [-0.05, 0) is 41.5 Å². The normalized spacial score (nSPS) is 13.7. The summed E-state index contributed by atoms with van der Waals surface area (Å²) in [6.45, 7) is 10.5. The average Bonchev–Trinajstić information content (AvgIpc) is 2.43. The minimum absolute atomic E-state index is 0.455. The Hall–Kier alpha value is -1.83. The first-order valence-corrected chi connectivity index (χ1v) is 7.64. The van der Waals surface area contributed by atoms with Crippen molar-refractivity contribution in [1.82, 2.24) is 10.2 Å². The number of carbonyl (C=O) groups is 3. The van der Waals surface area contributed by atoms with Crippen LogP contribution in [0.25, 0.3) is 0 Å². The van der Waals surface area contributed by atoms with Crippen molar-refractivity contribution in [3.63, 3.8) is 0 Å². The summed E-state index contributed by atoms with van der Waals surface area (Å²) >= 11 is 0. The average molecular weight is 332 g/mol. The molecule has 0 aliphatic rings. The minimum Gasteiger partial charge on any atom is -0.461 e. The summed E-state index contributed by atoms with van der Waals surface area (Å²) in [5.41, 5.74) is -0.680. The van der Waals surface area contributed by atoms with Gasteiger partial charge in [-0.3, -0.25) is 4.79 Å². The highest BCUT2D eigenvalue weighted by atomic mass is 16.6. The van der Waals surface area contributed by atoms with Crippen molar-refractivity contribution >= 4 is 18.0 Å². The van der Waals surface area contributed by atoms with E-state index >= 15 is 0 Å². The smallest absolute Gasteiger partial charge is 0.408 e. The van der Waals surface area contributed by atoms with E-state index in [4.69, 9.17) is 9.47 Å². The third-order valence-corrected chi connectivity index (χ3v) is 2.83. The quantitative estimate of drug-likeness (QED) is 0.664. The van der Waals surface area contributed by atoms with Crippen LogP contribution in [0.2, 0.25) is 0 Å². The molecule has 0 heterocycles. The summed E-state index contributed by atoms with van der Waals surface area (Å²) in [6.07, 6.45) is -2.17. The zero-order chi connectivity index (χ0) is 18.2. The van der Waals surface area contributed by atoms with Gasteiger partial charge in [0, 0.05) is 13.1 Å². The van der Waals surface area contributed by atoms with E-state index in [1.54, 1.807) is 34.6 Å². The van der Waals surface area contributed by atoms with Crippen molar-refractivity contribution in [1.29, 1.82) is 0 Å². The molecule has 1 unspecified atom stereocenters. The number of rotatable bonds is 7. The van der Waals surface area contributed by atoms with Crippen molar-refractivity contribution in [2.75, 3.05) is 19.7 Å². The topological polar surface area (TPSA) is 105 Å². The molecule has 0 aromatic heterocycles. The molecule has 0 aliphatic carbocycles. The third-order valence-electron chi connectivity index (χ3n) is 2.83. The van der Waals surface area contributed by atoms with Gasteiger partial charge in [-0.2, -0.15) is 0 Å². The molecule has 0 bridgehead atoms. The van der Waals surface area contributed by atoms with Crippen molar-refractivity contribution in [3.8, 4) is 0 Å². The summed E-state index contributed by atoms with van der Waals surface area (Å²) < 4.78 is 9.87. The molecule has 8 nitrogen and oxygen atoms in total. The highest BCUT2D eigenvalue weighted by Crippen LogP contribution is 2.07. The van der Waals surface area contributed by atoms with Crippen LogP contribution < -0.4 is 5.32 Å². The maximum atomic E-state index is 11.8. The van der Waals surface area contributed by atoms with Gasteiger partial charge in [-0.1, -0.05) is 0 Å². The Labute approximate surface area is 137 Å². The van der Waals surface area contributed by atoms with Gasteiger partial charge in [-0.15, -0.1) is 0 Å². The number of hydrogen-bond acceptors (Lipinski definition) is 6. The second-order valence-corrected chi connectivity index (χ2v) is 6.02. The van der Waals surface area contributed by atoms with Crippen LogP contribution in [0.1, 0.15) is 41.5 Å². The molecule has 2 N–H and O–H groups in total. The SMILES string of the molecule is CCN(CC)C(=O)C(O)COC(=O)[C@H](C)NC(=O)OC(C)(C)C. The zero-order valence-corrected chi connectivity index (χ0v) is 14.7. The van der Waals surface area contributed by atoms with Gasteiger partial charge in [0.2, 0.25) is 0 Å². The Bertz CT molecular complexity index is 415. The van der Waals surface area contributed by atoms with E-state index in [9.17, 15) is 19.5 Å². The van der Waals surface area contributed by atoms with Crippen molar-refractivity contribution in [2.45, 2.75) is 59.3 Å². The van der Waals surface area contributed by atoms with Gasteiger partial charge in [0.15, 0.2) is 6.10 Å². The molecule has 0 spiro atoms. The number of likely N-dealkylation sites (N-methyl/N-ethyl adjacent to an activating group) is 1. The number of alkyl carbamates (subject to hydrolysis) is 1. The molecular weight excluding hydrogens is 304 g/mol.